The maximum absolute atomic E-state index is 11.0. The zero-order valence-electron chi connectivity index (χ0n) is 12.1. The van der Waals surface area contributed by atoms with Gasteiger partial charge in [-0.2, -0.15) is 5.10 Å². The molecule has 0 radical (unpaired) electrons. The summed E-state index contributed by atoms with van der Waals surface area (Å²) in [6, 6.07) is 7.60. The summed E-state index contributed by atoms with van der Waals surface area (Å²) in [5.74, 6) is 0.0750. The van der Waals surface area contributed by atoms with Gasteiger partial charge in [0.25, 0.3) is 0 Å². The number of rotatable bonds is 6. The molecule has 1 aromatic rings. The molecule has 1 aliphatic rings. The molecule has 0 amide bonds. The summed E-state index contributed by atoms with van der Waals surface area (Å²) >= 11 is 0. The first-order chi connectivity index (χ1) is 10.2. The number of aliphatic carboxylic acids is 1. The number of hydrazone groups is 1. The van der Waals surface area contributed by atoms with Crippen molar-refractivity contribution in [2.24, 2.45) is 16.9 Å². The van der Waals surface area contributed by atoms with Crippen LogP contribution in [0.25, 0.3) is 0 Å². The van der Waals surface area contributed by atoms with Gasteiger partial charge in [-0.3, -0.25) is 4.79 Å². The molecular formula is C15H21N3O3. The molecule has 21 heavy (non-hydrogen) atoms. The molecular weight excluding hydrogens is 270 g/mol. The molecule has 1 aromatic carbocycles. The molecule has 0 aromatic heterocycles. The zero-order chi connectivity index (χ0) is 15.1. The van der Waals surface area contributed by atoms with Crippen LogP contribution in [-0.4, -0.2) is 44.0 Å². The Bertz CT molecular complexity index is 487. The normalized spacial score (nSPS) is 22.1. The van der Waals surface area contributed by atoms with Gasteiger partial charge in [-0.05, 0) is 48.7 Å². The smallest absolute Gasteiger partial charge is 0.307 e. The van der Waals surface area contributed by atoms with E-state index in [1.807, 2.05) is 24.3 Å². The van der Waals surface area contributed by atoms with Crippen molar-refractivity contribution in [1.29, 1.82) is 0 Å². The standard InChI is InChI=1S/C15H21N3O3/c1-21-14-4-2-11(3-5-14)8-17-18-9-12-6-13(15(19)20)10-16-7-12/h2-5,8,12-13,16,18H,6-7,9-10H2,1H3,(H,19,20)/b17-8+/t12-,13+/m0/s1. The summed E-state index contributed by atoms with van der Waals surface area (Å²) in [7, 11) is 1.63. The number of hydrogen-bond donors (Lipinski definition) is 3. The predicted molar refractivity (Wildman–Crippen MR) is 80.7 cm³/mol. The number of nitrogens with zero attached hydrogens (tertiary/aromatic N) is 1. The molecule has 2 rings (SSSR count). The van der Waals surface area contributed by atoms with Gasteiger partial charge in [0, 0.05) is 13.1 Å². The van der Waals surface area contributed by atoms with Crippen molar-refractivity contribution in [2.45, 2.75) is 6.42 Å². The predicted octanol–water partition coefficient (Wildman–Crippen LogP) is 0.929. The second-order valence-corrected chi connectivity index (χ2v) is 5.19. The lowest BCUT2D eigenvalue weighted by Crippen LogP contribution is -2.42. The van der Waals surface area contributed by atoms with E-state index in [0.717, 1.165) is 17.9 Å². The van der Waals surface area contributed by atoms with Crippen LogP contribution < -0.4 is 15.5 Å². The summed E-state index contributed by atoms with van der Waals surface area (Å²) in [6.07, 6.45) is 2.43. The van der Waals surface area contributed by atoms with E-state index in [4.69, 9.17) is 9.84 Å². The molecule has 114 valence electrons. The SMILES string of the molecule is COc1ccc(/C=N/NC[C@@H]2CNC[C@H](C(=O)O)C2)cc1. The van der Waals surface area contributed by atoms with Crippen molar-refractivity contribution in [3.8, 4) is 5.75 Å². The van der Waals surface area contributed by atoms with Crippen molar-refractivity contribution in [2.75, 3.05) is 26.7 Å². The topological polar surface area (TPSA) is 83.0 Å². The maximum atomic E-state index is 11.0. The van der Waals surface area contributed by atoms with Gasteiger partial charge < -0.3 is 20.6 Å². The van der Waals surface area contributed by atoms with Gasteiger partial charge in [0.15, 0.2) is 0 Å². The Morgan fingerprint density at radius 1 is 1.48 bits per heavy atom. The number of benzene rings is 1. The third-order valence-corrected chi connectivity index (χ3v) is 3.59. The number of hydrogen-bond acceptors (Lipinski definition) is 5. The molecule has 1 heterocycles. The Labute approximate surface area is 124 Å². The van der Waals surface area contributed by atoms with E-state index in [9.17, 15) is 4.79 Å². The Morgan fingerprint density at radius 2 is 2.24 bits per heavy atom. The highest BCUT2D eigenvalue weighted by Gasteiger charge is 2.26. The molecule has 1 saturated heterocycles. The van der Waals surface area contributed by atoms with E-state index < -0.39 is 5.97 Å². The number of carboxylic acid groups (broad SMARTS) is 1. The van der Waals surface area contributed by atoms with Crippen LogP contribution in [0.5, 0.6) is 5.75 Å². The van der Waals surface area contributed by atoms with Crippen molar-refractivity contribution >= 4 is 12.2 Å². The molecule has 0 spiro atoms. The molecule has 6 nitrogen and oxygen atoms in total. The van der Waals surface area contributed by atoms with Gasteiger partial charge in [0.2, 0.25) is 0 Å². The average molecular weight is 291 g/mol. The minimum Gasteiger partial charge on any atom is -0.497 e. The van der Waals surface area contributed by atoms with Crippen molar-refractivity contribution in [1.82, 2.24) is 10.7 Å². The Balaban J connectivity index is 1.75. The van der Waals surface area contributed by atoms with Crippen LogP contribution in [0.2, 0.25) is 0 Å². The molecule has 6 heteroatoms. The quantitative estimate of drug-likeness (QED) is 0.536. The fourth-order valence-electron chi connectivity index (χ4n) is 2.37. The summed E-state index contributed by atoms with van der Waals surface area (Å²) in [5, 5.41) is 16.3. The van der Waals surface area contributed by atoms with E-state index in [2.05, 4.69) is 15.8 Å². The summed E-state index contributed by atoms with van der Waals surface area (Å²) in [4.78, 5) is 11.0. The zero-order valence-corrected chi connectivity index (χ0v) is 12.1. The number of methoxy groups -OCH3 is 1. The van der Waals surface area contributed by atoms with E-state index in [0.29, 0.717) is 19.5 Å². The van der Waals surface area contributed by atoms with E-state index in [1.165, 1.54) is 0 Å². The highest BCUT2D eigenvalue weighted by atomic mass is 16.5. The van der Waals surface area contributed by atoms with Crippen LogP contribution in [-0.2, 0) is 4.79 Å². The number of ether oxygens (including phenoxy) is 1. The third kappa shape index (κ3) is 4.75. The lowest BCUT2D eigenvalue weighted by molar-refractivity contribution is -0.142. The minimum atomic E-state index is -0.728. The molecule has 0 aliphatic carbocycles. The Kier molecular flexibility index (Phi) is 5.57. The monoisotopic (exact) mass is 291 g/mol. The largest absolute Gasteiger partial charge is 0.497 e. The van der Waals surface area contributed by atoms with Crippen LogP contribution in [0.1, 0.15) is 12.0 Å². The Morgan fingerprint density at radius 3 is 2.90 bits per heavy atom. The average Bonchev–Trinajstić information content (AvgIpc) is 2.52. The molecule has 1 aliphatic heterocycles. The van der Waals surface area contributed by atoms with Gasteiger partial charge in [0.1, 0.15) is 5.75 Å². The van der Waals surface area contributed by atoms with Gasteiger partial charge >= 0.3 is 5.97 Å². The molecule has 0 saturated carbocycles. The number of piperidine rings is 1. The molecule has 2 atom stereocenters. The van der Waals surface area contributed by atoms with Crippen LogP contribution in [0.3, 0.4) is 0 Å². The van der Waals surface area contributed by atoms with Gasteiger partial charge in [-0.1, -0.05) is 0 Å². The number of carboxylic acids is 1. The number of nitrogens with one attached hydrogen (secondary N) is 2. The van der Waals surface area contributed by atoms with Crippen LogP contribution >= 0.6 is 0 Å². The fraction of sp³-hybridized carbons (Fsp3) is 0.467. The number of carbonyl (C=O) groups is 1. The maximum Gasteiger partial charge on any atom is 0.307 e. The van der Waals surface area contributed by atoms with E-state index in [1.54, 1.807) is 13.3 Å². The molecule has 0 bridgehead atoms. The fourth-order valence-corrected chi connectivity index (χ4v) is 2.37. The summed E-state index contributed by atoms with van der Waals surface area (Å²) in [5.41, 5.74) is 3.98. The van der Waals surface area contributed by atoms with Crippen molar-refractivity contribution in [3.63, 3.8) is 0 Å². The van der Waals surface area contributed by atoms with Gasteiger partial charge in [-0.15, -0.1) is 0 Å². The summed E-state index contributed by atoms with van der Waals surface area (Å²) < 4.78 is 5.09. The van der Waals surface area contributed by atoms with E-state index in [-0.39, 0.29) is 11.8 Å². The first kappa shape index (κ1) is 15.3. The van der Waals surface area contributed by atoms with Gasteiger partial charge in [0.05, 0.1) is 19.2 Å². The molecule has 0 unspecified atom stereocenters. The molecule has 3 N–H and O–H groups in total. The minimum absolute atomic E-state index is 0.285. The third-order valence-electron chi connectivity index (χ3n) is 3.59. The first-order valence-electron chi connectivity index (χ1n) is 7.02. The van der Waals surface area contributed by atoms with Crippen LogP contribution in [0.15, 0.2) is 29.4 Å². The van der Waals surface area contributed by atoms with Crippen LogP contribution in [0, 0.1) is 11.8 Å². The second-order valence-electron chi connectivity index (χ2n) is 5.19. The lowest BCUT2D eigenvalue weighted by atomic mass is 9.91. The second kappa shape index (κ2) is 7.64. The summed E-state index contributed by atoms with van der Waals surface area (Å²) in [6.45, 7) is 2.05. The van der Waals surface area contributed by atoms with Crippen molar-refractivity contribution in [3.05, 3.63) is 29.8 Å². The lowest BCUT2D eigenvalue weighted by Gasteiger charge is -2.27. The molecule has 1 fully saturated rings. The highest BCUT2D eigenvalue weighted by molar-refractivity contribution is 5.79. The van der Waals surface area contributed by atoms with Gasteiger partial charge in [-0.25, -0.2) is 0 Å². The van der Waals surface area contributed by atoms with Crippen molar-refractivity contribution < 1.29 is 14.6 Å². The van der Waals surface area contributed by atoms with Crippen LogP contribution in [0.4, 0.5) is 0 Å². The Hall–Kier alpha value is -2.08. The van der Waals surface area contributed by atoms with E-state index >= 15 is 0 Å². The highest BCUT2D eigenvalue weighted by Crippen LogP contribution is 2.16. The first-order valence-corrected chi connectivity index (χ1v) is 7.02.